The smallest absolute Gasteiger partial charge is 0.303 e. The molecule has 0 radical (unpaired) electrons. The standard InChI is InChI=1S/C49H65N5O18/c1-21(2)15-28(52-34(58)13-14-50-33(57)11-12-35(59)60)47(67)51-23(5)46(66)54-29(16-22(3)4)48(68)53-27-17-36(71-24(6)41(27)61)72-31-19-49(69,32(56)20-55)18-26-38(31)45(65)40-39(43(26)63)42(62)25-9-8-10-30(70-7)37(25)44(40)64/h8-10,21-24,27-29,31,36,41,55,61,63,65,69H,11-20H2,1-7H3,(H,50,57)(H,51,67)(H,52,58)(H,53,68)(H,54,66)(H,59,60)/t23-,24-,27-,28-,29-,31-,36-,41+,49-/m0/s1. The van der Waals surface area contributed by atoms with E-state index >= 15 is 0 Å². The number of aliphatic carboxylic acids is 1. The summed E-state index contributed by atoms with van der Waals surface area (Å²) in [6.45, 7) is 8.80. The second-order valence-electron chi connectivity index (χ2n) is 19.3. The summed E-state index contributed by atoms with van der Waals surface area (Å²) in [6, 6.07) is -0.467. The first-order chi connectivity index (χ1) is 33.8. The van der Waals surface area contributed by atoms with Gasteiger partial charge in [0, 0.05) is 55.3 Å². The summed E-state index contributed by atoms with van der Waals surface area (Å²) in [4.78, 5) is 118. The molecule has 2 aromatic carbocycles. The van der Waals surface area contributed by atoms with Crippen molar-refractivity contribution in [1.29, 1.82) is 0 Å². The van der Waals surface area contributed by atoms with Crippen LogP contribution in [0.2, 0.25) is 0 Å². The summed E-state index contributed by atoms with van der Waals surface area (Å²) >= 11 is 0. The number of fused-ring (bicyclic) bond motifs is 3. The predicted octanol–water partition coefficient (Wildman–Crippen LogP) is 0.0964. The quantitative estimate of drug-likeness (QED) is 0.0595. The number of aromatic hydroxyl groups is 2. The normalized spacial score (nSPS) is 22.6. The number of phenolic OH excluding ortho intramolecular Hbond substituents is 2. The Hall–Kier alpha value is -6.53. The van der Waals surface area contributed by atoms with E-state index in [0.29, 0.717) is 0 Å². The van der Waals surface area contributed by atoms with Gasteiger partial charge in [-0.2, -0.15) is 0 Å². The Labute approximate surface area is 414 Å². The van der Waals surface area contributed by atoms with Gasteiger partial charge in [-0.25, -0.2) is 0 Å². The fourth-order valence-electron chi connectivity index (χ4n) is 9.11. The highest BCUT2D eigenvalue weighted by Crippen LogP contribution is 2.52. The van der Waals surface area contributed by atoms with Gasteiger partial charge in [0.05, 0.1) is 48.5 Å². The molecule has 2 aromatic rings. The van der Waals surface area contributed by atoms with Crippen LogP contribution < -0.4 is 31.3 Å². The molecule has 5 amide bonds. The van der Waals surface area contributed by atoms with Crippen molar-refractivity contribution in [2.24, 2.45) is 11.8 Å². The van der Waals surface area contributed by atoms with Crippen molar-refractivity contribution >= 4 is 52.9 Å². The van der Waals surface area contributed by atoms with Crippen LogP contribution >= 0.6 is 0 Å². The van der Waals surface area contributed by atoms with Crippen molar-refractivity contribution in [2.45, 2.75) is 147 Å². The molecule has 0 aromatic heterocycles. The molecule has 0 unspecified atom stereocenters. The Balaban J connectivity index is 1.32. The number of phenols is 2. The maximum atomic E-state index is 14.1. The van der Waals surface area contributed by atoms with Crippen LogP contribution in [-0.4, -0.2) is 152 Å². The topological polar surface area (TPSA) is 363 Å². The molecule has 2 aliphatic carbocycles. The molecule has 0 spiro atoms. The first kappa shape index (κ1) is 56.4. The summed E-state index contributed by atoms with van der Waals surface area (Å²) in [6.07, 6.45) is -7.70. The molecule has 3 aliphatic rings. The summed E-state index contributed by atoms with van der Waals surface area (Å²) in [7, 11) is 1.28. The van der Waals surface area contributed by atoms with E-state index in [1.54, 1.807) is 13.8 Å². The third-order valence-electron chi connectivity index (χ3n) is 12.8. The number of hydrogen-bond acceptors (Lipinski definition) is 17. The van der Waals surface area contributed by atoms with Crippen molar-refractivity contribution in [2.75, 3.05) is 20.3 Å². The zero-order chi connectivity index (χ0) is 53.5. The number of Topliss-reactive ketones (excluding diaryl/α,β-unsaturated/α-hetero) is 1. The Morgan fingerprint density at radius 3 is 2.07 bits per heavy atom. The van der Waals surface area contributed by atoms with E-state index in [4.69, 9.17) is 19.3 Å². The number of ether oxygens (including phenoxy) is 3. The molecular weight excluding hydrogens is 947 g/mol. The Bertz CT molecular complexity index is 2460. The second-order valence-corrected chi connectivity index (χ2v) is 19.3. The molecule has 1 heterocycles. The van der Waals surface area contributed by atoms with E-state index in [0.717, 1.165) is 0 Å². The second kappa shape index (κ2) is 23.8. The summed E-state index contributed by atoms with van der Waals surface area (Å²) in [5.41, 5.74) is -4.50. The SMILES string of the molecule is COc1cccc2c1C(=O)c1c(O)c3c(c(O)c1C2=O)C[C@@](O)(C(=O)CO)C[C@@H]3O[C@H]1C[C@H](NC(=O)[C@H](CC(C)C)NC(=O)[C@H](C)NC(=O)[C@H](CC(C)C)NC(=O)CCNC(=O)CCC(=O)O)[C@H](O)[C@H](C)O1. The average Bonchev–Trinajstić information content (AvgIpc) is 3.31. The van der Waals surface area contributed by atoms with Crippen LogP contribution in [0.1, 0.15) is 136 Å². The zero-order valence-electron chi connectivity index (χ0n) is 41.2. The van der Waals surface area contributed by atoms with Crippen LogP contribution in [0.15, 0.2) is 18.2 Å². The lowest BCUT2D eigenvalue weighted by Gasteiger charge is -2.43. The summed E-state index contributed by atoms with van der Waals surface area (Å²) in [5, 5.41) is 78.2. The van der Waals surface area contributed by atoms with Crippen molar-refractivity contribution in [3.05, 3.63) is 51.6 Å². The number of carboxylic acid groups (broad SMARTS) is 1. The highest BCUT2D eigenvalue weighted by Gasteiger charge is 2.50. The minimum absolute atomic E-state index is 0.0151. The van der Waals surface area contributed by atoms with Crippen LogP contribution in [0.4, 0.5) is 0 Å². The number of carbonyl (C=O) groups excluding carboxylic acids is 8. The molecule has 23 nitrogen and oxygen atoms in total. The third kappa shape index (κ3) is 12.9. The molecule has 0 saturated carbocycles. The number of aliphatic hydroxyl groups excluding tert-OH is 2. The fraction of sp³-hybridized carbons (Fsp3) is 0.571. The maximum Gasteiger partial charge on any atom is 0.303 e. The van der Waals surface area contributed by atoms with Gasteiger partial charge in [0.25, 0.3) is 0 Å². The molecule has 1 fully saturated rings. The number of benzene rings is 2. The van der Waals surface area contributed by atoms with Gasteiger partial charge >= 0.3 is 5.97 Å². The van der Waals surface area contributed by atoms with Crippen LogP contribution in [0.5, 0.6) is 17.2 Å². The molecular formula is C49H65N5O18. The van der Waals surface area contributed by atoms with Crippen LogP contribution in [0, 0.1) is 11.8 Å². The number of methoxy groups -OCH3 is 1. The fourth-order valence-corrected chi connectivity index (χ4v) is 9.11. The molecule has 72 heavy (non-hydrogen) atoms. The van der Waals surface area contributed by atoms with Gasteiger partial charge in [0.1, 0.15) is 53.7 Å². The van der Waals surface area contributed by atoms with Gasteiger partial charge in [0.15, 0.2) is 17.9 Å². The monoisotopic (exact) mass is 1010 g/mol. The summed E-state index contributed by atoms with van der Waals surface area (Å²) in [5.74, 6) is -9.18. The van der Waals surface area contributed by atoms with E-state index in [1.165, 1.54) is 39.2 Å². The van der Waals surface area contributed by atoms with Gasteiger partial charge in [-0.3, -0.25) is 43.2 Å². The van der Waals surface area contributed by atoms with E-state index < -0.39 is 149 Å². The number of carboxylic acids is 1. The van der Waals surface area contributed by atoms with Crippen LogP contribution in [-0.2, 0) is 49.5 Å². The van der Waals surface area contributed by atoms with Gasteiger partial charge in [-0.1, -0.05) is 39.8 Å². The number of amides is 5. The predicted molar refractivity (Wildman–Crippen MR) is 251 cm³/mol. The number of aliphatic hydroxyl groups is 3. The maximum absolute atomic E-state index is 14.1. The average molecular weight is 1010 g/mol. The molecule has 23 heteroatoms. The van der Waals surface area contributed by atoms with Gasteiger partial charge in [-0.05, 0) is 44.6 Å². The molecule has 5 rings (SSSR count). The van der Waals surface area contributed by atoms with Crippen LogP contribution in [0.3, 0.4) is 0 Å². The first-order valence-corrected chi connectivity index (χ1v) is 23.7. The summed E-state index contributed by atoms with van der Waals surface area (Å²) < 4.78 is 17.6. The van der Waals surface area contributed by atoms with E-state index in [-0.39, 0.29) is 84.9 Å². The van der Waals surface area contributed by atoms with Crippen molar-refractivity contribution in [3.8, 4) is 17.2 Å². The molecule has 1 saturated heterocycles. The number of nitrogens with one attached hydrogen (secondary N) is 5. The van der Waals surface area contributed by atoms with Crippen molar-refractivity contribution in [3.63, 3.8) is 0 Å². The lowest BCUT2D eigenvalue weighted by molar-refractivity contribution is -0.249. The molecule has 9 atom stereocenters. The lowest BCUT2D eigenvalue weighted by Crippen LogP contribution is -2.60. The Morgan fingerprint density at radius 2 is 1.46 bits per heavy atom. The van der Waals surface area contributed by atoms with E-state index in [9.17, 15) is 68.7 Å². The molecule has 394 valence electrons. The highest BCUT2D eigenvalue weighted by atomic mass is 16.7. The Morgan fingerprint density at radius 1 is 0.819 bits per heavy atom. The molecule has 1 aliphatic heterocycles. The molecule has 0 bridgehead atoms. The van der Waals surface area contributed by atoms with Gasteiger partial charge < -0.3 is 71.4 Å². The first-order valence-electron chi connectivity index (χ1n) is 23.7. The van der Waals surface area contributed by atoms with Gasteiger partial charge in [0.2, 0.25) is 35.3 Å². The lowest BCUT2D eigenvalue weighted by atomic mass is 9.72. The zero-order valence-corrected chi connectivity index (χ0v) is 41.2. The molecule has 11 N–H and O–H groups in total. The Kier molecular flexibility index (Phi) is 18.6. The number of rotatable bonds is 22. The highest BCUT2D eigenvalue weighted by molar-refractivity contribution is 6.31. The van der Waals surface area contributed by atoms with E-state index in [2.05, 4.69) is 26.6 Å². The third-order valence-corrected chi connectivity index (χ3v) is 12.8. The van der Waals surface area contributed by atoms with Crippen molar-refractivity contribution < 1.29 is 88.0 Å². The number of ketones is 3. The van der Waals surface area contributed by atoms with Crippen LogP contribution in [0.25, 0.3) is 0 Å². The largest absolute Gasteiger partial charge is 0.507 e. The minimum atomic E-state index is -2.43. The minimum Gasteiger partial charge on any atom is -0.507 e. The van der Waals surface area contributed by atoms with Gasteiger partial charge in [-0.15, -0.1) is 0 Å². The van der Waals surface area contributed by atoms with Crippen molar-refractivity contribution in [1.82, 2.24) is 26.6 Å². The van der Waals surface area contributed by atoms with E-state index in [1.807, 2.05) is 13.8 Å². The number of carbonyl (C=O) groups is 9. The number of hydrogen-bond donors (Lipinski definition) is 11.